The van der Waals surface area contributed by atoms with Crippen molar-refractivity contribution < 1.29 is 4.79 Å². The predicted molar refractivity (Wildman–Crippen MR) is 117 cm³/mol. The molecule has 156 valence electrons. The lowest BCUT2D eigenvalue weighted by Crippen LogP contribution is -2.46. The Bertz CT molecular complexity index is 1150. The molecule has 1 aliphatic heterocycles. The highest BCUT2D eigenvalue weighted by Crippen LogP contribution is 2.51. The van der Waals surface area contributed by atoms with E-state index in [2.05, 4.69) is 39.5 Å². The molecule has 1 saturated heterocycles. The van der Waals surface area contributed by atoms with Crippen LogP contribution in [0.25, 0.3) is 10.2 Å². The number of anilines is 3. The van der Waals surface area contributed by atoms with E-state index in [1.54, 1.807) is 16.2 Å². The van der Waals surface area contributed by atoms with Crippen molar-refractivity contribution in [2.75, 3.05) is 30.9 Å². The van der Waals surface area contributed by atoms with Crippen LogP contribution in [0.15, 0.2) is 12.1 Å². The first-order valence-electron chi connectivity index (χ1n) is 10.6. The lowest BCUT2D eigenvalue weighted by atomic mass is 10.1. The number of amides is 1. The highest BCUT2D eigenvalue weighted by Gasteiger charge is 2.56. The molecule has 6 rings (SSSR count). The Hall–Kier alpha value is -2.68. The molecule has 3 aliphatic rings. The summed E-state index contributed by atoms with van der Waals surface area (Å²) in [5.74, 6) is 3.93. The summed E-state index contributed by atoms with van der Waals surface area (Å²) in [6, 6.07) is 4.01. The van der Waals surface area contributed by atoms with E-state index in [4.69, 9.17) is 9.97 Å². The van der Waals surface area contributed by atoms with E-state index >= 15 is 0 Å². The SMILES string of the molecule is Cc1cc2nc(N3C[C@H]4C[C@H]4[C@H]3C(=O)N(C)C)nc(Nc3cc(C4CC4)[nH]n3)c2s1. The predicted octanol–water partition coefficient (Wildman–Crippen LogP) is 3.26. The molecule has 30 heavy (non-hydrogen) atoms. The average Bonchev–Trinajstić information content (AvgIpc) is 3.58. The van der Waals surface area contributed by atoms with Gasteiger partial charge in [-0.15, -0.1) is 11.3 Å². The Morgan fingerprint density at radius 2 is 2.13 bits per heavy atom. The number of piperidine rings is 1. The molecular formula is C21H25N7OS. The summed E-state index contributed by atoms with van der Waals surface area (Å²) < 4.78 is 1.02. The smallest absolute Gasteiger partial charge is 0.245 e. The quantitative estimate of drug-likeness (QED) is 0.655. The van der Waals surface area contributed by atoms with E-state index < -0.39 is 0 Å². The molecule has 0 spiro atoms. The van der Waals surface area contributed by atoms with Crippen LogP contribution >= 0.6 is 11.3 Å². The normalized spacial score (nSPS) is 24.9. The molecule has 0 aromatic carbocycles. The van der Waals surface area contributed by atoms with Crippen LogP contribution in [0.2, 0.25) is 0 Å². The maximum Gasteiger partial charge on any atom is 0.245 e. The number of nitrogens with one attached hydrogen (secondary N) is 2. The Morgan fingerprint density at radius 1 is 1.30 bits per heavy atom. The van der Waals surface area contributed by atoms with Gasteiger partial charge in [-0.3, -0.25) is 9.89 Å². The molecule has 3 aromatic rings. The number of carbonyl (C=O) groups is 1. The number of rotatable bonds is 5. The first-order valence-corrected chi connectivity index (χ1v) is 11.4. The molecule has 2 saturated carbocycles. The average molecular weight is 424 g/mol. The number of nitrogens with zero attached hydrogens (tertiary/aromatic N) is 5. The lowest BCUT2D eigenvalue weighted by molar-refractivity contribution is -0.130. The van der Waals surface area contributed by atoms with Crippen molar-refractivity contribution in [3.63, 3.8) is 0 Å². The number of thiophene rings is 1. The summed E-state index contributed by atoms with van der Waals surface area (Å²) in [7, 11) is 3.65. The van der Waals surface area contributed by atoms with E-state index in [9.17, 15) is 4.79 Å². The largest absolute Gasteiger partial charge is 0.347 e. The molecule has 3 fully saturated rings. The third-order valence-corrected chi connectivity index (χ3v) is 7.49. The Morgan fingerprint density at radius 3 is 2.90 bits per heavy atom. The second kappa shape index (κ2) is 6.41. The third-order valence-electron chi connectivity index (χ3n) is 6.44. The number of aromatic amines is 1. The topological polar surface area (TPSA) is 90.0 Å². The van der Waals surface area contributed by atoms with Crippen molar-refractivity contribution in [1.29, 1.82) is 0 Å². The zero-order chi connectivity index (χ0) is 20.6. The Kier molecular flexibility index (Phi) is 3.87. The zero-order valence-corrected chi connectivity index (χ0v) is 18.2. The van der Waals surface area contributed by atoms with Gasteiger partial charge in [0.2, 0.25) is 11.9 Å². The zero-order valence-electron chi connectivity index (χ0n) is 17.3. The van der Waals surface area contributed by atoms with Crippen molar-refractivity contribution in [3.8, 4) is 0 Å². The molecule has 2 aliphatic carbocycles. The molecule has 9 heteroatoms. The van der Waals surface area contributed by atoms with Gasteiger partial charge in [0.15, 0.2) is 11.6 Å². The fourth-order valence-corrected chi connectivity index (χ4v) is 5.52. The molecule has 4 heterocycles. The molecular weight excluding hydrogens is 398 g/mol. The molecule has 3 aromatic heterocycles. The van der Waals surface area contributed by atoms with Crippen LogP contribution in [0.1, 0.15) is 35.8 Å². The Balaban J connectivity index is 1.38. The van der Waals surface area contributed by atoms with E-state index in [0.29, 0.717) is 23.7 Å². The summed E-state index contributed by atoms with van der Waals surface area (Å²) in [6.07, 6.45) is 3.58. The summed E-state index contributed by atoms with van der Waals surface area (Å²) in [5.41, 5.74) is 2.10. The maximum absolute atomic E-state index is 12.9. The molecule has 0 unspecified atom stereocenters. The number of aromatic nitrogens is 4. The highest BCUT2D eigenvalue weighted by atomic mass is 32.1. The fourth-order valence-electron chi connectivity index (χ4n) is 4.63. The summed E-state index contributed by atoms with van der Waals surface area (Å²) in [6.45, 7) is 2.93. The number of hydrogen-bond donors (Lipinski definition) is 2. The summed E-state index contributed by atoms with van der Waals surface area (Å²) in [4.78, 5) is 27.6. The van der Waals surface area contributed by atoms with Crippen LogP contribution in [-0.2, 0) is 4.79 Å². The van der Waals surface area contributed by atoms with Gasteiger partial charge >= 0.3 is 0 Å². The minimum atomic E-state index is -0.165. The lowest BCUT2D eigenvalue weighted by Gasteiger charge is -2.29. The standard InChI is InChI=1S/C21H25N7OS/c1-10-6-15-18(30-10)19(23-16-8-14(25-26-16)11-4-5-11)24-21(22-15)28-9-12-7-13(12)17(28)20(29)27(2)3/h6,8,11-13,17H,4-5,7,9H2,1-3H3,(H2,22,23,24,25,26)/t12-,13-,17+/m1/s1. The molecule has 8 nitrogen and oxygen atoms in total. The minimum absolute atomic E-state index is 0.140. The molecule has 0 radical (unpaired) electrons. The first-order chi connectivity index (χ1) is 14.5. The number of H-pyrrole nitrogens is 1. The molecule has 0 bridgehead atoms. The minimum Gasteiger partial charge on any atom is -0.347 e. The van der Waals surface area contributed by atoms with Crippen LogP contribution in [0, 0.1) is 18.8 Å². The van der Waals surface area contributed by atoms with Crippen LogP contribution in [-0.4, -0.2) is 57.7 Å². The Labute approximate surface area is 178 Å². The van der Waals surface area contributed by atoms with Gasteiger partial charge in [-0.05, 0) is 44.1 Å². The summed E-state index contributed by atoms with van der Waals surface area (Å²) in [5, 5.41) is 11.0. The van der Waals surface area contributed by atoms with Gasteiger partial charge in [0.1, 0.15) is 6.04 Å². The van der Waals surface area contributed by atoms with Gasteiger partial charge in [0, 0.05) is 43.2 Å². The van der Waals surface area contributed by atoms with Crippen LogP contribution in [0.3, 0.4) is 0 Å². The van der Waals surface area contributed by atoms with Gasteiger partial charge in [0.25, 0.3) is 0 Å². The van der Waals surface area contributed by atoms with Gasteiger partial charge in [-0.1, -0.05) is 0 Å². The molecule has 3 atom stereocenters. The second-order valence-corrected chi connectivity index (χ2v) is 10.3. The number of aryl methyl sites for hydroxylation is 1. The van der Waals surface area contributed by atoms with Crippen molar-refractivity contribution in [2.24, 2.45) is 11.8 Å². The summed E-state index contributed by atoms with van der Waals surface area (Å²) >= 11 is 1.68. The van der Waals surface area contributed by atoms with Gasteiger partial charge < -0.3 is 15.1 Å². The fraction of sp³-hybridized carbons (Fsp3) is 0.524. The second-order valence-electron chi connectivity index (χ2n) is 9.04. The van der Waals surface area contributed by atoms with E-state index in [1.807, 2.05) is 14.1 Å². The number of hydrogen-bond acceptors (Lipinski definition) is 7. The van der Waals surface area contributed by atoms with E-state index in [-0.39, 0.29) is 11.9 Å². The van der Waals surface area contributed by atoms with Gasteiger partial charge in [-0.25, -0.2) is 4.98 Å². The van der Waals surface area contributed by atoms with Crippen LogP contribution in [0.4, 0.5) is 17.6 Å². The molecule has 1 amide bonds. The monoisotopic (exact) mass is 423 g/mol. The third kappa shape index (κ3) is 2.94. The number of carbonyl (C=O) groups excluding carboxylic acids is 1. The maximum atomic E-state index is 12.9. The van der Waals surface area contributed by atoms with Gasteiger partial charge in [0.05, 0.1) is 10.2 Å². The van der Waals surface area contributed by atoms with Gasteiger partial charge in [-0.2, -0.15) is 10.1 Å². The van der Waals surface area contributed by atoms with Crippen molar-refractivity contribution in [3.05, 3.63) is 22.7 Å². The molecule has 2 N–H and O–H groups in total. The number of likely N-dealkylation sites (N-methyl/N-ethyl adjacent to an activating group) is 1. The first kappa shape index (κ1) is 18.1. The van der Waals surface area contributed by atoms with Crippen molar-refractivity contribution >= 4 is 45.0 Å². The van der Waals surface area contributed by atoms with E-state index in [0.717, 1.165) is 34.8 Å². The van der Waals surface area contributed by atoms with E-state index in [1.165, 1.54) is 23.4 Å². The van der Waals surface area contributed by atoms with Crippen molar-refractivity contribution in [2.45, 2.75) is 38.1 Å². The van der Waals surface area contributed by atoms with Crippen molar-refractivity contribution in [1.82, 2.24) is 25.1 Å². The highest BCUT2D eigenvalue weighted by molar-refractivity contribution is 7.19. The van der Waals surface area contributed by atoms with Crippen LogP contribution < -0.4 is 10.2 Å². The number of fused-ring (bicyclic) bond motifs is 2. The van der Waals surface area contributed by atoms with Crippen LogP contribution in [0.5, 0.6) is 0 Å².